The van der Waals surface area contributed by atoms with Gasteiger partial charge in [0.25, 0.3) is 0 Å². The molecule has 0 aliphatic heterocycles. The minimum Gasteiger partial charge on any atom is -0.443 e. The Kier molecular flexibility index (Phi) is 1.85. The zero-order valence-electron chi connectivity index (χ0n) is 7.28. The molecule has 2 aromatic rings. The molecule has 2 rings (SSSR count). The van der Waals surface area contributed by atoms with Crippen molar-refractivity contribution in [3.63, 3.8) is 0 Å². The smallest absolute Gasteiger partial charge is 0.181 e. The molecule has 3 nitrogen and oxygen atoms in total. The number of hydrogen-bond donors (Lipinski definition) is 0. The van der Waals surface area contributed by atoms with Crippen LogP contribution in [0.4, 0.5) is 0 Å². The quantitative estimate of drug-likeness (QED) is 0.658. The third kappa shape index (κ3) is 1.33. The second-order valence-corrected chi connectivity index (χ2v) is 2.81. The van der Waals surface area contributed by atoms with Gasteiger partial charge < -0.3 is 4.42 Å². The van der Waals surface area contributed by atoms with Crippen molar-refractivity contribution in [2.45, 2.75) is 13.3 Å². The summed E-state index contributed by atoms with van der Waals surface area (Å²) < 4.78 is 5.09. The van der Waals surface area contributed by atoms with Crippen molar-refractivity contribution >= 4 is 16.9 Å². The van der Waals surface area contributed by atoms with E-state index in [2.05, 4.69) is 4.98 Å². The van der Waals surface area contributed by atoms with E-state index in [4.69, 9.17) is 4.42 Å². The van der Waals surface area contributed by atoms with Gasteiger partial charge in [0.15, 0.2) is 17.8 Å². The number of fused-ring (bicyclic) bond motifs is 1. The lowest BCUT2D eigenvalue weighted by molar-refractivity contribution is 0.0988. The zero-order valence-corrected chi connectivity index (χ0v) is 7.28. The normalized spacial score (nSPS) is 10.5. The molecule has 0 bridgehead atoms. The first-order valence-electron chi connectivity index (χ1n) is 4.17. The summed E-state index contributed by atoms with van der Waals surface area (Å²) in [4.78, 5) is 15.3. The van der Waals surface area contributed by atoms with Crippen molar-refractivity contribution in [3.05, 3.63) is 30.2 Å². The van der Waals surface area contributed by atoms with E-state index >= 15 is 0 Å². The molecule has 0 atom stereocenters. The van der Waals surface area contributed by atoms with Crippen LogP contribution in [0.5, 0.6) is 0 Å². The van der Waals surface area contributed by atoms with Crippen LogP contribution in [0.25, 0.3) is 11.1 Å². The number of carbonyl (C=O) groups excluding carboxylic acids is 1. The number of Topliss-reactive ketones (excluding diaryl/α,β-unsaturated/α-hetero) is 1. The highest BCUT2D eigenvalue weighted by Gasteiger charge is 2.05. The van der Waals surface area contributed by atoms with Crippen LogP contribution < -0.4 is 0 Å². The number of benzene rings is 1. The number of nitrogens with zero attached hydrogens (tertiary/aromatic N) is 1. The summed E-state index contributed by atoms with van der Waals surface area (Å²) in [5.41, 5.74) is 2.14. The number of rotatable bonds is 2. The molecule has 66 valence electrons. The molecule has 13 heavy (non-hydrogen) atoms. The summed E-state index contributed by atoms with van der Waals surface area (Å²) >= 11 is 0. The Bertz CT molecular complexity index is 445. The van der Waals surface area contributed by atoms with Gasteiger partial charge in [-0.1, -0.05) is 6.92 Å². The maximum atomic E-state index is 11.3. The summed E-state index contributed by atoms with van der Waals surface area (Å²) in [6.45, 7) is 1.84. The lowest BCUT2D eigenvalue weighted by Crippen LogP contribution is -1.95. The molecule has 0 unspecified atom stereocenters. The molecule has 1 aromatic heterocycles. The SMILES string of the molecule is CCC(=O)c1ccc2ncoc2c1. The highest BCUT2D eigenvalue weighted by atomic mass is 16.3. The number of hydrogen-bond acceptors (Lipinski definition) is 3. The Balaban J connectivity index is 2.54. The van der Waals surface area contributed by atoms with Crippen molar-refractivity contribution in [3.8, 4) is 0 Å². The first-order valence-corrected chi connectivity index (χ1v) is 4.17. The molecule has 1 aromatic carbocycles. The third-order valence-electron chi connectivity index (χ3n) is 1.97. The van der Waals surface area contributed by atoms with Crippen molar-refractivity contribution in [2.75, 3.05) is 0 Å². The molecule has 0 amide bonds. The van der Waals surface area contributed by atoms with Crippen molar-refractivity contribution < 1.29 is 9.21 Å². The fourth-order valence-corrected chi connectivity index (χ4v) is 1.23. The average Bonchev–Trinajstić information content (AvgIpc) is 2.63. The van der Waals surface area contributed by atoms with Crippen LogP contribution in [0.3, 0.4) is 0 Å². The van der Waals surface area contributed by atoms with Gasteiger partial charge in [-0.3, -0.25) is 4.79 Å². The maximum absolute atomic E-state index is 11.3. The van der Waals surface area contributed by atoms with Crippen LogP contribution in [0.15, 0.2) is 29.0 Å². The van der Waals surface area contributed by atoms with E-state index in [1.807, 2.05) is 6.92 Å². The van der Waals surface area contributed by atoms with Gasteiger partial charge in [0.2, 0.25) is 0 Å². The summed E-state index contributed by atoms with van der Waals surface area (Å²) in [6, 6.07) is 5.30. The van der Waals surface area contributed by atoms with E-state index in [1.54, 1.807) is 18.2 Å². The first kappa shape index (κ1) is 7.98. The summed E-state index contributed by atoms with van der Waals surface area (Å²) in [7, 11) is 0. The fraction of sp³-hybridized carbons (Fsp3) is 0.200. The number of aromatic nitrogens is 1. The van der Waals surface area contributed by atoms with Gasteiger partial charge in [0.05, 0.1) is 0 Å². The standard InChI is InChI=1S/C10H9NO2/c1-2-9(12)7-3-4-8-10(5-7)13-6-11-8/h3-6H,2H2,1H3. The molecule has 0 aliphatic rings. The van der Waals surface area contributed by atoms with E-state index in [9.17, 15) is 4.79 Å². The van der Waals surface area contributed by atoms with Gasteiger partial charge in [0, 0.05) is 12.0 Å². The lowest BCUT2D eigenvalue weighted by Gasteiger charge is -1.95. The zero-order chi connectivity index (χ0) is 9.26. The van der Waals surface area contributed by atoms with Gasteiger partial charge in [0.1, 0.15) is 5.52 Å². The van der Waals surface area contributed by atoms with Crippen molar-refractivity contribution in [2.24, 2.45) is 0 Å². The van der Waals surface area contributed by atoms with Crippen LogP contribution in [0.1, 0.15) is 23.7 Å². The Hall–Kier alpha value is -1.64. The highest BCUT2D eigenvalue weighted by Crippen LogP contribution is 2.15. The van der Waals surface area contributed by atoms with Crippen molar-refractivity contribution in [1.82, 2.24) is 4.98 Å². The van der Waals surface area contributed by atoms with Crippen LogP contribution in [-0.2, 0) is 0 Å². The van der Waals surface area contributed by atoms with E-state index in [0.717, 1.165) is 5.52 Å². The Morgan fingerprint density at radius 1 is 1.54 bits per heavy atom. The maximum Gasteiger partial charge on any atom is 0.181 e. The Morgan fingerprint density at radius 3 is 3.15 bits per heavy atom. The predicted molar refractivity (Wildman–Crippen MR) is 48.6 cm³/mol. The lowest BCUT2D eigenvalue weighted by atomic mass is 10.1. The topological polar surface area (TPSA) is 43.1 Å². The summed E-state index contributed by atoms with van der Waals surface area (Å²) in [6.07, 6.45) is 1.89. The van der Waals surface area contributed by atoms with Crippen LogP contribution in [0, 0.1) is 0 Å². The predicted octanol–water partition coefficient (Wildman–Crippen LogP) is 2.42. The molecule has 0 saturated carbocycles. The second kappa shape index (κ2) is 3.01. The minimum absolute atomic E-state index is 0.123. The number of oxazole rings is 1. The molecule has 0 radical (unpaired) electrons. The third-order valence-corrected chi connectivity index (χ3v) is 1.97. The fourth-order valence-electron chi connectivity index (χ4n) is 1.23. The summed E-state index contributed by atoms with van der Waals surface area (Å²) in [5.74, 6) is 0.123. The van der Waals surface area contributed by atoms with E-state index < -0.39 is 0 Å². The Morgan fingerprint density at radius 2 is 2.38 bits per heavy atom. The molecule has 0 fully saturated rings. The van der Waals surface area contributed by atoms with E-state index in [0.29, 0.717) is 17.6 Å². The number of carbonyl (C=O) groups is 1. The average molecular weight is 175 g/mol. The molecular weight excluding hydrogens is 166 g/mol. The molecule has 0 saturated heterocycles. The molecule has 1 heterocycles. The van der Waals surface area contributed by atoms with Crippen LogP contribution in [-0.4, -0.2) is 10.8 Å². The largest absolute Gasteiger partial charge is 0.443 e. The molecule has 0 spiro atoms. The van der Waals surface area contributed by atoms with Crippen LogP contribution >= 0.6 is 0 Å². The number of ketones is 1. The van der Waals surface area contributed by atoms with Gasteiger partial charge in [-0.25, -0.2) is 4.98 Å². The van der Waals surface area contributed by atoms with Gasteiger partial charge in [-0.15, -0.1) is 0 Å². The van der Waals surface area contributed by atoms with E-state index in [1.165, 1.54) is 6.39 Å². The van der Waals surface area contributed by atoms with Gasteiger partial charge >= 0.3 is 0 Å². The monoisotopic (exact) mass is 175 g/mol. The molecule has 0 aliphatic carbocycles. The second-order valence-electron chi connectivity index (χ2n) is 2.81. The van der Waals surface area contributed by atoms with Gasteiger partial charge in [-0.2, -0.15) is 0 Å². The van der Waals surface area contributed by atoms with Crippen molar-refractivity contribution in [1.29, 1.82) is 0 Å². The Labute approximate surface area is 75.4 Å². The summed E-state index contributed by atoms with van der Waals surface area (Å²) in [5, 5.41) is 0. The minimum atomic E-state index is 0.123. The van der Waals surface area contributed by atoms with Gasteiger partial charge in [-0.05, 0) is 18.2 Å². The molecule has 3 heteroatoms. The van der Waals surface area contributed by atoms with E-state index in [-0.39, 0.29) is 5.78 Å². The highest BCUT2D eigenvalue weighted by molar-refractivity contribution is 5.98. The van der Waals surface area contributed by atoms with Crippen LogP contribution in [0.2, 0.25) is 0 Å². The first-order chi connectivity index (χ1) is 6.31. The molecular formula is C10H9NO2. The molecule has 0 N–H and O–H groups in total.